The number of aromatic nitrogens is 1. The van der Waals surface area contributed by atoms with Crippen molar-refractivity contribution in [3.63, 3.8) is 0 Å². The van der Waals surface area contributed by atoms with Crippen LogP contribution in [-0.4, -0.2) is 34.6 Å². The molecule has 2 fully saturated rings. The summed E-state index contributed by atoms with van der Waals surface area (Å²) in [7, 11) is 0. The fraction of sp³-hybridized carbons (Fsp3) is 0.706. The van der Waals surface area contributed by atoms with Gasteiger partial charge in [-0.25, -0.2) is 4.98 Å². The van der Waals surface area contributed by atoms with Crippen LogP contribution in [0.15, 0.2) is 6.07 Å². The van der Waals surface area contributed by atoms with Gasteiger partial charge in [0.1, 0.15) is 5.82 Å². The third-order valence-electron chi connectivity index (χ3n) is 4.75. The lowest BCUT2D eigenvalue weighted by molar-refractivity contribution is 0.609. The van der Waals surface area contributed by atoms with Gasteiger partial charge in [0.05, 0.1) is 0 Å². The molecule has 0 spiro atoms. The van der Waals surface area contributed by atoms with Gasteiger partial charge in [0.25, 0.3) is 0 Å². The van der Waals surface area contributed by atoms with Crippen molar-refractivity contribution >= 4 is 17.6 Å². The molecule has 0 bridgehead atoms. The highest BCUT2D eigenvalue weighted by Crippen LogP contribution is 2.32. The highest BCUT2D eigenvalue weighted by atomic mass is 32.2. The monoisotopic (exact) mass is 305 g/mol. The molecule has 2 aliphatic rings. The van der Waals surface area contributed by atoms with Gasteiger partial charge in [0.2, 0.25) is 0 Å². The maximum Gasteiger partial charge on any atom is 0.133 e. The first-order valence-corrected chi connectivity index (χ1v) is 9.20. The fourth-order valence-electron chi connectivity index (χ4n) is 3.07. The van der Waals surface area contributed by atoms with Gasteiger partial charge >= 0.3 is 0 Å². The molecule has 0 aromatic carbocycles. The van der Waals surface area contributed by atoms with Gasteiger partial charge in [-0.3, -0.25) is 0 Å². The Kier molecular flexibility index (Phi) is 4.46. The van der Waals surface area contributed by atoms with Crippen LogP contribution < -0.4 is 10.2 Å². The SMILES string of the molecule is Cc1cc(C)c(CNC2CC2)c(N2CCSC(C)C2C)n1. The van der Waals surface area contributed by atoms with Gasteiger partial charge < -0.3 is 10.2 Å². The number of anilines is 1. The van der Waals surface area contributed by atoms with E-state index < -0.39 is 0 Å². The molecule has 1 saturated carbocycles. The van der Waals surface area contributed by atoms with E-state index in [0.717, 1.165) is 24.8 Å². The molecular formula is C17H27N3S. The van der Waals surface area contributed by atoms with Gasteiger partial charge in [0.15, 0.2) is 0 Å². The van der Waals surface area contributed by atoms with Gasteiger partial charge in [-0.1, -0.05) is 6.92 Å². The standard InChI is InChI=1S/C17H27N3S/c1-11-9-12(2)19-17(16(11)10-18-15-5-6-15)20-7-8-21-14(4)13(20)3/h9,13-15,18H,5-8,10H2,1-4H3. The number of thioether (sulfide) groups is 1. The molecule has 0 radical (unpaired) electrons. The summed E-state index contributed by atoms with van der Waals surface area (Å²) < 4.78 is 0. The van der Waals surface area contributed by atoms with Crippen molar-refractivity contribution in [1.82, 2.24) is 10.3 Å². The Morgan fingerprint density at radius 1 is 1.33 bits per heavy atom. The second-order valence-electron chi connectivity index (χ2n) is 6.55. The van der Waals surface area contributed by atoms with Crippen LogP contribution in [0.25, 0.3) is 0 Å². The molecular weight excluding hydrogens is 278 g/mol. The second kappa shape index (κ2) is 6.17. The molecule has 4 heteroatoms. The highest BCUT2D eigenvalue weighted by Gasteiger charge is 2.29. The molecule has 1 N–H and O–H groups in total. The smallest absolute Gasteiger partial charge is 0.133 e. The van der Waals surface area contributed by atoms with Gasteiger partial charge in [0, 0.05) is 47.4 Å². The van der Waals surface area contributed by atoms with E-state index in [2.05, 4.69) is 55.7 Å². The van der Waals surface area contributed by atoms with Crippen molar-refractivity contribution in [2.45, 2.75) is 64.4 Å². The number of hydrogen-bond acceptors (Lipinski definition) is 4. The number of nitrogens with one attached hydrogen (secondary N) is 1. The molecule has 1 aliphatic carbocycles. The topological polar surface area (TPSA) is 28.2 Å². The highest BCUT2D eigenvalue weighted by molar-refractivity contribution is 8.00. The van der Waals surface area contributed by atoms with E-state index in [1.165, 1.54) is 35.5 Å². The predicted molar refractivity (Wildman–Crippen MR) is 92.3 cm³/mol. The van der Waals surface area contributed by atoms with E-state index >= 15 is 0 Å². The zero-order chi connectivity index (χ0) is 15.0. The number of nitrogens with zero attached hydrogens (tertiary/aromatic N) is 2. The van der Waals surface area contributed by atoms with Crippen molar-refractivity contribution in [3.05, 3.63) is 22.9 Å². The van der Waals surface area contributed by atoms with Crippen LogP contribution in [0.1, 0.15) is 43.5 Å². The summed E-state index contributed by atoms with van der Waals surface area (Å²) in [6.07, 6.45) is 2.67. The third-order valence-corrected chi connectivity index (χ3v) is 6.09. The molecule has 3 rings (SSSR count). The molecule has 1 aliphatic heterocycles. The molecule has 1 saturated heterocycles. The number of pyridine rings is 1. The van der Waals surface area contributed by atoms with Crippen LogP contribution in [0.5, 0.6) is 0 Å². The Balaban J connectivity index is 1.90. The quantitative estimate of drug-likeness (QED) is 0.924. The molecule has 0 amide bonds. The summed E-state index contributed by atoms with van der Waals surface area (Å²) in [6, 6.07) is 3.52. The molecule has 1 aromatic heterocycles. The lowest BCUT2D eigenvalue weighted by Crippen LogP contribution is -2.46. The van der Waals surface area contributed by atoms with E-state index in [1.807, 2.05) is 0 Å². The van der Waals surface area contributed by atoms with Gasteiger partial charge in [-0.2, -0.15) is 11.8 Å². The van der Waals surface area contributed by atoms with Gasteiger partial charge in [-0.15, -0.1) is 0 Å². The van der Waals surface area contributed by atoms with Crippen LogP contribution in [0.4, 0.5) is 5.82 Å². The molecule has 2 atom stereocenters. The minimum absolute atomic E-state index is 0.553. The van der Waals surface area contributed by atoms with Crippen molar-refractivity contribution < 1.29 is 0 Å². The summed E-state index contributed by atoms with van der Waals surface area (Å²) >= 11 is 2.08. The summed E-state index contributed by atoms with van der Waals surface area (Å²) in [4.78, 5) is 7.45. The summed E-state index contributed by atoms with van der Waals surface area (Å²) in [6.45, 7) is 11.1. The second-order valence-corrected chi connectivity index (χ2v) is 8.03. The maximum absolute atomic E-state index is 4.92. The fourth-order valence-corrected chi connectivity index (χ4v) is 4.16. The van der Waals surface area contributed by atoms with E-state index in [-0.39, 0.29) is 0 Å². The summed E-state index contributed by atoms with van der Waals surface area (Å²) in [5.74, 6) is 2.43. The molecule has 116 valence electrons. The average molecular weight is 305 g/mol. The van der Waals surface area contributed by atoms with Crippen molar-refractivity contribution in [2.75, 3.05) is 17.2 Å². The van der Waals surface area contributed by atoms with E-state index in [1.54, 1.807) is 0 Å². The normalized spacial score (nSPS) is 26.2. The molecule has 2 heterocycles. The predicted octanol–water partition coefficient (Wildman–Crippen LogP) is 3.28. The first-order chi connectivity index (χ1) is 10.1. The Hall–Kier alpha value is -0.740. The Morgan fingerprint density at radius 3 is 2.81 bits per heavy atom. The van der Waals surface area contributed by atoms with Crippen LogP contribution in [0.2, 0.25) is 0 Å². The first-order valence-electron chi connectivity index (χ1n) is 8.15. The van der Waals surface area contributed by atoms with Crippen molar-refractivity contribution in [3.8, 4) is 0 Å². The minimum Gasteiger partial charge on any atom is -0.352 e. The lowest BCUT2D eigenvalue weighted by atomic mass is 10.1. The van der Waals surface area contributed by atoms with Gasteiger partial charge in [-0.05, 0) is 45.2 Å². The zero-order valence-electron chi connectivity index (χ0n) is 13.6. The Morgan fingerprint density at radius 2 is 2.10 bits per heavy atom. The molecule has 2 unspecified atom stereocenters. The lowest BCUT2D eigenvalue weighted by Gasteiger charge is -2.39. The van der Waals surface area contributed by atoms with E-state index in [9.17, 15) is 0 Å². The summed E-state index contributed by atoms with van der Waals surface area (Å²) in [5, 5.41) is 4.34. The van der Waals surface area contributed by atoms with E-state index in [4.69, 9.17) is 4.98 Å². The Labute approximate surface area is 132 Å². The van der Waals surface area contributed by atoms with E-state index in [0.29, 0.717) is 11.3 Å². The summed E-state index contributed by atoms with van der Waals surface area (Å²) in [5.41, 5.74) is 3.91. The molecule has 3 nitrogen and oxygen atoms in total. The molecule has 1 aromatic rings. The van der Waals surface area contributed by atoms with Crippen molar-refractivity contribution in [2.24, 2.45) is 0 Å². The maximum atomic E-state index is 4.92. The molecule has 21 heavy (non-hydrogen) atoms. The third kappa shape index (κ3) is 3.37. The van der Waals surface area contributed by atoms with Crippen LogP contribution in [-0.2, 0) is 6.54 Å². The minimum atomic E-state index is 0.553. The van der Waals surface area contributed by atoms with Crippen LogP contribution in [0.3, 0.4) is 0 Å². The number of rotatable bonds is 4. The Bertz CT molecular complexity index is 513. The van der Waals surface area contributed by atoms with Crippen molar-refractivity contribution in [1.29, 1.82) is 0 Å². The first kappa shape index (κ1) is 15.2. The van der Waals surface area contributed by atoms with Crippen LogP contribution >= 0.6 is 11.8 Å². The van der Waals surface area contributed by atoms with Crippen LogP contribution in [0, 0.1) is 13.8 Å². The zero-order valence-corrected chi connectivity index (χ0v) is 14.5. The average Bonchev–Trinajstić information content (AvgIpc) is 3.24. The number of aryl methyl sites for hydroxylation is 2. The number of hydrogen-bond donors (Lipinski definition) is 1. The largest absolute Gasteiger partial charge is 0.352 e.